The van der Waals surface area contributed by atoms with E-state index >= 15 is 0 Å². The molecule has 8 heteroatoms. The molecule has 2 unspecified atom stereocenters. The van der Waals surface area contributed by atoms with Gasteiger partial charge in [0.15, 0.2) is 12.2 Å². The molecule has 3 N–H and O–H groups in total. The minimum atomic E-state index is -1.92. The highest BCUT2D eigenvalue weighted by molar-refractivity contribution is 5.85. The van der Waals surface area contributed by atoms with Crippen LogP contribution in [0.1, 0.15) is 48.5 Å². The lowest BCUT2D eigenvalue weighted by molar-refractivity contribution is -0.306. The first-order valence-corrected chi connectivity index (χ1v) is 6.91. The lowest BCUT2D eigenvalue weighted by Crippen LogP contribution is -2.43. The zero-order chi connectivity index (χ0) is 18.1. The van der Waals surface area contributed by atoms with E-state index in [2.05, 4.69) is 14.4 Å². The average molecular weight is 324 g/mol. The van der Waals surface area contributed by atoms with Crippen molar-refractivity contribution < 1.29 is 39.4 Å². The monoisotopic (exact) mass is 324 g/mol. The van der Waals surface area contributed by atoms with Crippen LogP contribution in [0.3, 0.4) is 0 Å². The van der Waals surface area contributed by atoms with Crippen LogP contribution in [0.5, 0.6) is 0 Å². The molecule has 0 bridgehead atoms. The number of rotatable bonds is 5. The molecule has 0 heterocycles. The molecule has 0 aromatic rings. The summed E-state index contributed by atoms with van der Waals surface area (Å²) < 4.78 is 9.26. The van der Waals surface area contributed by atoms with Crippen molar-refractivity contribution in [3.63, 3.8) is 0 Å². The summed E-state index contributed by atoms with van der Waals surface area (Å²) in [6.45, 7) is 11.7. The number of hydrogen-bond donors (Lipinski definition) is 3. The maximum Gasteiger partial charge on any atom is 0.338 e. The molecule has 0 amide bonds. The number of ether oxygens (including phenoxy) is 2. The Morgan fingerprint density at radius 3 is 1.18 bits per heavy atom. The summed E-state index contributed by atoms with van der Waals surface area (Å²) in [5.41, 5.74) is -0.403. The van der Waals surface area contributed by atoms with Gasteiger partial charge in [0.1, 0.15) is 0 Å². The van der Waals surface area contributed by atoms with E-state index in [1.807, 2.05) is 0 Å². The Bertz CT molecular complexity index is 306. The van der Waals surface area contributed by atoms with Gasteiger partial charge in [-0.1, -0.05) is 0 Å². The summed E-state index contributed by atoms with van der Waals surface area (Å²) in [5, 5.41) is 26.5. The third-order valence-corrected chi connectivity index (χ3v) is 1.76. The lowest BCUT2D eigenvalue weighted by atomic mass is 10.2. The van der Waals surface area contributed by atoms with Gasteiger partial charge >= 0.3 is 11.9 Å². The zero-order valence-electron chi connectivity index (χ0n) is 14.2. The van der Waals surface area contributed by atoms with Gasteiger partial charge in [-0.3, -0.25) is 5.26 Å². The molecule has 0 aromatic carbocycles. The van der Waals surface area contributed by atoms with Crippen LogP contribution in [-0.4, -0.2) is 57.4 Å². The number of carbonyl (C=O) groups is 2. The molecule has 0 aliphatic carbocycles. The number of aliphatic hydroxyl groups excluding tert-OH is 2. The molecule has 0 aliphatic heterocycles. The standard InChI is InChI=1S/C10H18O6.C4H10O2/c1-5(2)15-9(13)7(11)8(12)10(14)16-6(3)4;1-4(2,3)6-5/h5-8,11-12H,1-4H3;5H,1-3H3. The summed E-state index contributed by atoms with van der Waals surface area (Å²) in [7, 11) is 0. The minimum absolute atomic E-state index is 0.403. The molecular weight excluding hydrogens is 296 g/mol. The molecule has 2 atom stereocenters. The van der Waals surface area contributed by atoms with Crippen LogP contribution in [0.4, 0.5) is 0 Å². The summed E-state index contributed by atoms with van der Waals surface area (Å²) >= 11 is 0. The van der Waals surface area contributed by atoms with Crippen LogP contribution in [0.25, 0.3) is 0 Å². The molecule has 0 saturated heterocycles. The third kappa shape index (κ3) is 12.5. The Morgan fingerprint density at radius 1 is 0.818 bits per heavy atom. The van der Waals surface area contributed by atoms with Crippen molar-refractivity contribution in [2.45, 2.75) is 78.5 Å². The molecule has 0 fully saturated rings. The predicted molar refractivity (Wildman–Crippen MR) is 77.9 cm³/mol. The molecule has 0 saturated carbocycles. The average Bonchev–Trinajstić information content (AvgIpc) is 2.35. The van der Waals surface area contributed by atoms with E-state index in [1.165, 1.54) is 0 Å². The molecule has 0 aliphatic rings. The Morgan fingerprint density at radius 2 is 1.05 bits per heavy atom. The van der Waals surface area contributed by atoms with E-state index in [4.69, 9.17) is 5.26 Å². The van der Waals surface area contributed by atoms with Gasteiger partial charge in [-0.2, -0.15) is 0 Å². The maximum absolute atomic E-state index is 11.1. The van der Waals surface area contributed by atoms with Crippen molar-refractivity contribution >= 4 is 11.9 Å². The van der Waals surface area contributed by atoms with Crippen molar-refractivity contribution in [3.8, 4) is 0 Å². The van der Waals surface area contributed by atoms with Crippen LogP contribution in [0.15, 0.2) is 0 Å². The smallest absolute Gasteiger partial charge is 0.338 e. The number of hydrogen-bond acceptors (Lipinski definition) is 8. The molecule has 0 rings (SSSR count). The number of carbonyl (C=O) groups excluding carboxylic acids is 2. The van der Waals surface area contributed by atoms with E-state index < -0.39 is 42.0 Å². The van der Waals surface area contributed by atoms with Gasteiger partial charge in [-0.25, -0.2) is 14.5 Å². The largest absolute Gasteiger partial charge is 0.461 e. The fourth-order valence-corrected chi connectivity index (χ4v) is 0.862. The Hall–Kier alpha value is -1.22. The van der Waals surface area contributed by atoms with Gasteiger partial charge in [0.05, 0.1) is 17.8 Å². The molecule has 22 heavy (non-hydrogen) atoms. The molecule has 0 radical (unpaired) electrons. The van der Waals surface area contributed by atoms with E-state index in [-0.39, 0.29) is 0 Å². The Labute approximate surface area is 130 Å². The highest BCUT2D eigenvalue weighted by Gasteiger charge is 2.33. The molecule has 8 nitrogen and oxygen atoms in total. The van der Waals surface area contributed by atoms with Crippen LogP contribution >= 0.6 is 0 Å². The summed E-state index contributed by atoms with van der Waals surface area (Å²) in [6.07, 6.45) is -4.71. The molecule has 132 valence electrons. The SMILES string of the molecule is CC(C)(C)OO.CC(C)OC(=O)C(O)C(O)C(=O)OC(C)C. The Balaban J connectivity index is 0. The molecular formula is C14H28O8. The molecule has 0 spiro atoms. The maximum atomic E-state index is 11.1. The second-order valence-corrected chi connectivity index (χ2v) is 6.06. The fraction of sp³-hybridized carbons (Fsp3) is 0.857. The predicted octanol–water partition coefficient (Wildman–Crippen LogP) is 0.886. The summed E-state index contributed by atoms with van der Waals surface area (Å²) in [4.78, 5) is 26.2. The van der Waals surface area contributed by atoms with Crippen LogP contribution in [0.2, 0.25) is 0 Å². The van der Waals surface area contributed by atoms with Crippen molar-refractivity contribution in [2.75, 3.05) is 0 Å². The van der Waals surface area contributed by atoms with Crippen LogP contribution in [0, 0.1) is 0 Å². The van der Waals surface area contributed by atoms with Gasteiger partial charge in [0, 0.05) is 0 Å². The van der Waals surface area contributed by atoms with Crippen molar-refractivity contribution in [1.29, 1.82) is 0 Å². The van der Waals surface area contributed by atoms with Gasteiger partial charge in [0.2, 0.25) is 0 Å². The van der Waals surface area contributed by atoms with Crippen molar-refractivity contribution in [2.24, 2.45) is 0 Å². The normalized spacial score (nSPS) is 14.0. The second kappa shape index (κ2) is 10.5. The highest BCUT2D eigenvalue weighted by Crippen LogP contribution is 2.04. The van der Waals surface area contributed by atoms with E-state index in [0.717, 1.165) is 0 Å². The van der Waals surface area contributed by atoms with E-state index in [1.54, 1.807) is 48.5 Å². The summed E-state index contributed by atoms with van der Waals surface area (Å²) in [6, 6.07) is 0. The first kappa shape index (κ1) is 23.1. The second-order valence-electron chi connectivity index (χ2n) is 6.06. The molecule has 0 aromatic heterocycles. The topological polar surface area (TPSA) is 123 Å². The van der Waals surface area contributed by atoms with E-state index in [0.29, 0.717) is 0 Å². The lowest BCUT2D eigenvalue weighted by Gasteiger charge is -2.18. The number of aliphatic hydroxyl groups is 2. The minimum Gasteiger partial charge on any atom is -0.461 e. The first-order valence-electron chi connectivity index (χ1n) is 6.91. The first-order chi connectivity index (χ1) is 9.81. The van der Waals surface area contributed by atoms with Gasteiger partial charge in [0.25, 0.3) is 0 Å². The van der Waals surface area contributed by atoms with E-state index in [9.17, 15) is 19.8 Å². The number of esters is 2. The van der Waals surface area contributed by atoms with Gasteiger partial charge in [-0.15, -0.1) is 0 Å². The van der Waals surface area contributed by atoms with Crippen molar-refractivity contribution in [3.05, 3.63) is 0 Å². The van der Waals surface area contributed by atoms with Crippen LogP contribution < -0.4 is 0 Å². The fourth-order valence-electron chi connectivity index (χ4n) is 0.862. The summed E-state index contributed by atoms with van der Waals surface area (Å²) in [5.74, 6) is -2.11. The van der Waals surface area contributed by atoms with Crippen molar-refractivity contribution in [1.82, 2.24) is 0 Å². The zero-order valence-corrected chi connectivity index (χ0v) is 14.2. The quantitative estimate of drug-likeness (QED) is 0.387. The Kier molecular flexibility index (Phi) is 11.0. The highest BCUT2D eigenvalue weighted by atomic mass is 17.1. The third-order valence-electron chi connectivity index (χ3n) is 1.76. The van der Waals surface area contributed by atoms with Gasteiger partial charge < -0.3 is 19.7 Å². The van der Waals surface area contributed by atoms with Crippen LogP contribution in [-0.2, 0) is 24.0 Å². The van der Waals surface area contributed by atoms with Gasteiger partial charge in [-0.05, 0) is 48.5 Å².